The molecule has 1 aliphatic heterocycles. The highest BCUT2D eigenvalue weighted by molar-refractivity contribution is 7.90. The zero-order valence-corrected chi connectivity index (χ0v) is 14.3. The van der Waals surface area contributed by atoms with E-state index in [1.54, 1.807) is 24.3 Å². The normalized spacial score (nSPS) is 19.8. The van der Waals surface area contributed by atoms with E-state index in [9.17, 15) is 8.42 Å². The van der Waals surface area contributed by atoms with Gasteiger partial charge < -0.3 is 5.32 Å². The minimum atomic E-state index is -3.26. The Morgan fingerprint density at radius 3 is 2.61 bits per heavy atom. The summed E-state index contributed by atoms with van der Waals surface area (Å²) in [7, 11) is -1.47. The van der Waals surface area contributed by atoms with Gasteiger partial charge in [-0.05, 0) is 31.0 Å². The first kappa shape index (κ1) is 16.1. The first-order chi connectivity index (χ1) is 10.9. The molecule has 7 nitrogen and oxygen atoms in total. The van der Waals surface area contributed by atoms with Crippen molar-refractivity contribution in [1.29, 1.82) is 0 Å². The van der Waals surface area contributed by atoms with Crippen molar-refractivity contribution >= 4 is 21.4 Å². The van der Waals surface area contributed by atoms with Crippen molar-refractivity contribution in [3.05, 3.63) is 23.8 Å². The maximum Gasteiger partial charge on any atom is 0.175 e. The third-order valence-electron chi connectivity index (χ3n) is 4.22. The molecule has 126 valence electrons. The molecule has 1 fully saturated rings. The van der Waals surface area contributed by atoms with Crippen molar-refractivity contribution in [2.24, 2.45) is 5.10 Å². The van der Waals surface area contributed by atoms with Gasteiger partial charge >= 0.3 is 0 Å². The molecule has 0 spiro atoms. The average Bonchev–Trinajstić information content (AvgIpc) is 2.94. The van der Waals surface area contributed by atoms with Gasteiger partial charge in [0.1, 0.15) is 0 Å². The third kappa shape index (κ3) is 3.76. The van der Waals surface area contributed by atoms with E-state index < -0.39 is 9.84 Å². The van der Waals surface area contributed by atoms with Crippen LogP contribution in [0.3, 0.4) is 0 Å². The lowest BCUT2D eigenvalue weighted by Crippen LogP contribution is -2.38. The quantitative estimate of drug-likeness (QED) is 0.771. The lowest BCUT2D eigenvalue weighted by atomic mass is 9.95. The predicted molar refractivity (Wildman–Crippen MR) is 90.6 cm³/mol. The second-order valence-electron chi connectivity index (χ2n) is 6.19. The van der Waals surface area contributed by atoms with Crippen LogP contribution in [0.2, 0.25) is 0 Å². The highest BCUT2D eigenvalue weighted by Gasteiger charge is 2.21. The Kier molecular flexibility index (Phi) is 4.45. The van der Waals surface area contributed by atoms with E-state index >= 15 is 0 Å². The molecule has 1 aromatic rings. The van der Waals surface area contributed by atoms with Gasteiger partial charge in [-0.3, -0.25) is 5.43 Å². The molecular weight excluding hydrogens is 314 g/mol. The fourth-order valence-electron chi connectivity index (χ4n) is 3.00. The number of rotatable bonds is 4. The summed E-state index contributed by atoms with van der Waals surface area (Å²) in [6.07, 6.45) is 7.27. The zero-order valence-electron chi connectivity index (χ0n) is 13.5. The number of hydrazone groups is 1. The fraction of sp³-hybridized carbons (Fsp3) is 0.533. The van der Waals surface area contributed by atoms with E-state index in [2.05, 4.69) is 21.4 Å². The van der Waals surface area contributed by atoms with E-state index in [-0.39, 0.29) is 0 Å². The van der Waals surface area contributed by atoms with Gasteiger partial charge in [0.25, 0.3) is 0 Å². The van der Waals surface area contributed by atoms with Gasteiger partial charge in [-0.2, -0.15) is 0 Å². The Morgan fingerprint density at radius 1 is 1.26 bits per heavy atom. The first-order valence-corrected chi connectivity index (χ1v) is 9.77. The molecule has 0 bridgehead atoms. The molecule has 0 atom stereocenters. The highest BCUT2D eigenvalue weighted by Crippen LogP contribution is 2.26. The molecule has 0 radical (unpaired) electrons. The van der Waals surface area contributed by atoms with Gasteiger partial charge in [0.15, 0.2) is 15.7 Å². The molecule has 3 N–H and O–H groups in total. The molecule has 8 heteroatoms. The van der Waals surface area contributed by atoms with Gasteiger partial charge in [0, 0.05) is 30.6 Å². The number of sulfone groups is 1. The number of nitrogens with zero attached hydrogens (tertiary/aromatic N) is 2. The van der Waals surface area contributed by atoms with E-state index in [1.807, 2.05) is 6.07 Å². The molecule has 1 heterocycles. The molecule has 1 aliphatic carbocycles. The molecule has 0 unspecified atom stereocenters. The van der Waals surface area contributed by atoms with Crippen LogP contribution in [-0.2, 0) is 9.84 Å². The summed E-state index contributed by atoms with van der Waals surface area (Å²) >= 11 is 0. The largest absolute Gasteiger partial charge is 0.382 e. The minimum absolute atomic E-state index is 0.292. The molecule has 0 saturated heterocycles. The van der Waals surface area contributed by atoms with Crippen molar-refractivity contribution in [3.63, 3.8) is 0 Å². The number of benzene rings is 1. The second kappa shape index (κ2) is 6.37. The Hall–Kier alpha value is -1.80. The van der Waals surface area contributed by atoms with Crippen LogP contribution < -0.4 is 16.3 Å². The van der Waals surface area contributed by atoms with Gasteiger partial charge in [0.05, 0.1) is 4.90 Å². The molecule has 2 aliphatic rings. The van der Waals surface area contributed by atoms with Crippen molar-refractivity contribution in [3.8, 4) is 0 Å². The van der Waals surface area contributed by atoms with Crippen LogP contribution in [0, 0.1) is 0 Å². The lowest BCUT2D eigenvalue weighted by Gasteiger charge is -2.25. The zero-order chi connectivity index (χ0) is 16.4. The Bertz CT molecular complexity index is 711. The molecule has 0 amide bonds. The summed E-state index contributed by atoms with van der Waals surface area (Å²) in [6.45, 7) is 0. The summed E-state index contributed by atoms with van der Waals surface area (Å²) in [5, 5.41) is 9.39. The standard InChI is InChI=1S/C15H23N5O2S/c1-20-18-15(17-19-20)13-10-12(23(2,21)22)8-9-14(13)16-11-6-4-3-5-7-11/h8-11,16,19H,3-7H2,1-2H3,(H,17,18). The fourth-order valence-corrected chi connectivity index (χ4v) is 3.64. The number of anilines is 1. The van der Waals surface area contributed by atoms with Gasteiger partial charge in [-0.15, -0.1) is 10.2 Å². The van der Waals surface area contributed by atoms with Crippen LogP contribution in [0.25, 0.3) is 0 Å². The SMILES string of the molecule is CN1NN=C(c2cc(S(C)(=O)=O)ccc2NC2CCCCC2)N1. The van der Waals surface area contributed by atoms with Crippen LogP contribution >= 0.6 is 0 Å². The summed E-state index contributed by atoms with van der Waals surface area (Å²) in [5.41, 5.74) is 7.52. The predicted octanol–water partition coefficient (Wildman–Crippen LogP) is 1.45. The van der Waals surface area contributed by atoms with Crippen molar-refractivity contribution in [2.75, 3.05) is 18.6 Å². The Balaban J connectivity index is 1.94. The van der Waals surface area contributed by atoms with Crippen LogP contribution in [0.4, 0.5) is 5.69 Å². The van der Waals surface area contributed by atoms with Gasteiger partial charge in [-0.25, -0.2) is 14.0 Å². The lowest BCUT2D eigenvalue weighted by molar-refractivity contribution is 0.232. The smallest absolute Gasteiger partial charge is 0.175 e. The van der Waals surface area contributed by atoms with Crippen molar-refractivity contribution in [2.45, 2.75) is 43.0 Å². The van der Waals surface area contributed by atoms with Crippen molar-refractivity contribution in [1.82, 2.24) is 16.1 Å². The summed E-state index contributed by atoms with van der Waals surface area (Å²) in [6, 6.07) is 5.59. The van der Waals surface area contributed by atoms with Gasteiger partial charge in [-0.1, -0.05) is 19.3 Å². The molecule has 0 aromatic heterocycles. The summed E-state index contributed by atoms with van der Waals surface area (Å²) in [5.74, 6) is 0.608. The summed E-state index contributed by atoms with van der Waals surface area (Å²) < 4.78 is 23.7. The molecule has 1 saturated carbocycles. The molecular formula is C15H23N5O2S. The van der Waals surface area contributed by atoms with Crippen LogP contribution in [-0.4, -0.2) is 38.7 Å². The molecule has 1 aromatic carbocycles. The first-order valence-electron chi connectivity index (χ1n) is 7.88. The van der Waals surface area contributed by atoms with Gasteiger partial charge in [0.2, 0.25) is 0 Å². The number of nitrogens with one attached hydrogen (secondary N) is 3. The Labute approximate surface area is 137 Å². The number of amidine groups is 1. The van der Waals surface area contributed by atoms with Crippen LogP contribution in [0.5, 0.6) is 0 Å². The second-order valence-corrected chi connectivity index (χ2v) is 8.21. The number of hydrogen-bond acceptors (Lipinski definition) is 7. The molecule has 3 rings (SSSR count). The third-order valence-corrected chi connectivity index (χ3v) is 5.33. The van der Waals surface area contributed by atoms with Crippen molar-refractivity contribution < 1.29 is 8.42 Å². The van der Waals surface area contributed by atoms with E-state index in [4.69, 9.17) is 0 Å². The highest BCUT2D eigenvalue weighted by atomic mass is 32.2. The summed E-state index contributed by atoms with van der Waals surface area (Å²) in [4.78, 5) is 0.292. The monoisotopic (exact) mass is 337 g/mol. The van der Waals surface area contributed by atoms with Crippen LogP contribution in [0.1, 0.15) is 37.7 Å². The topological polar surface area (TPSA) is 85.8 Å². The van der Waals surface area contributed by atoms with E-state index in [0.717, 1.165) is 24.1 Å². The number of hydrazine groups is 2. The molecule has 23 heavy (non-hydrogen) atoms. The van der Waals surface area contributed by atoms with E-state index in [1.165, 1.54) is 25.5 Å². The Morgan fingerprint density at radius 2 is 2.00 bits per heavy atom. The maximum atomic E-state index is 11.9. The average molecular weight is 337 g/mol. The maximum absolute atomic E-state index is 11.9. The number of hydrogen-bond donors (Lipinski definition) is 3. The van der Waals surface area contributed by atoms with E-state index in [0.29, 0.717) is 16.8 Å². The minimum Gasteiger partial charge on any atom is -0.382 e. The van der Waals surface area contributed by atoms with Crippen LogP contribution in [0.15, 0.2) is 28.2 Å².